The Balaban J connectivity index is 2.64. The number of sulfone groups is 1. The molecule has 1 aromatic rings. The van der Waals surface area contributed by atoms with E-state index in [9.17, 15) is 8.42 Å². The minimum absolute atomic E-state index is 0.0224. The van der Waals surface area contributed by atoms with E-state index in [1.54, 1.807) is 24.1 Å². The van der Waals surface area contributed by atoms with Gasteiger partial charge in [0.25, 0.3) is 0 Å². The van der Waals surface area contributed by atoms with Crippen LogP contribution in [0, 0.1) is 0 Å². The van der Waals surface area contributed by atoms with Crippen molar-refractivity contribution in [1.82, 2.24) is 9.78 Å². The molecule has 1 heterocycles. The molecule has 1 rings (SSSR count). The smallest absolute Gasteiger partial charge is 0.156 e. The van der Waals surface area contributed by atoms with E-state index >= 15 is 0 Å². The van der Waals surface area contributed by atoms with Gasteiger partial charge in [0, 0.05) is 24.8 Å². The van der Waals surface area contributed by atoms with Gasteiger partial charge in [-0.05, 0) is 6.42 Å². The monoisotopic (exact) mass is 231 g/mol. The highest BCUT2D eigenvalue weighted by Crippen LogP contribution is 2.06. The molecule has 6 heteroatoms. The predicted octanol–water partition coefficient (Wildman–Crippen LogP) is 0.0722. The lowest BCUT2D eigenvalue weighted by molar-refractivity contribution is 0.583. The lowest BCUT2D eigenvalue weighted by Gasteiger charge is -2.08. The second-order valence-electron chi connectivity index (χ2n) is 3.75. The fourth-order valence-electron chi connectivity index (χ4n) is 1.30. The van der Waals surface area contributed by atoms with Crippen molar-refractivity contribution in [3.63, 3.8) is 0 Å². The molecule has 86 valence electrons. The molecule has 15 heavy (non-hydrogen) atoms. The van der Waals surface area contributed by atoms with Crippen molar-refractivity contribution >= 4 is 9.84 Å². The molecular formula is C9H17N3O2S. The molecule has 2 N–H and O–H groups in total. The van der Waals surface area contributed by atoms with E-state index < -0.39 is 9.84 Å². The summed E-state index contributed by atoms with van der Waals surface area (Å²) >= 11 is 0. The number of hydrogen-bond donors (Lipinski definition) is 1. The van der Waals surface area contributed by atoms with E-state index in [1.807, 2.05) is 6.92 Å². The molecule has 0 aliphatic carbocycles. The maximum atomic E-state index is 11.7. The molecule has 0 fully saturated rings. The summed E-state index contributed by atoms with van der Waals surface area (Å²) < 4.78 is 24.9. The Hall–Kier alpha value is -0.880. The molecule has 0 amide bonds. The molecule has 5 nitrogen and oxygen atoms in total. The van der Waals surface area contributed by atoms with Crippen LogP contribution in [0.1, 0.15) is 18.9 Å². The van der Waals surface area contributed by atoms with E-state index in [-0.39, 0.29) is 17.5 Å². The van der Waals surface area contributed by atoms with Crippen LogP contribution in [0.2, 0.25) is 0 Å². The van der Waals surface area contributed by atoms with E-state index in [0.717, 1.165) is 0 Å². The maximum absolute atomic E-state index is 11.7. The molecule has 0 saturated heterocycles. The van der Waals surface area contributed by atoms with Crippen molar-refractivity contribution in [2.75, 3.05) is 5.75 Å². The van der Waals surface area contributed by atoms with Crippen LogP contribution in [0.5, 0.6) is 0 Å². The molecule has 1 atom stereocenters. The lowest BCUT2D eigenvalue weighted by atomic mass is 10.3. The largest absolute Gasteiger partial charge is 0.327 e. The number of aryl methyl sites for hydroxylation is 1. The first-order valence-corrected chi connectivity index (χ1v) is 6.68. The van der Waals surface area contributed by atoms with Gasteiger partial charge >= 0.3 is 0 Å². The first-order chi connectivity index (χ1) is 6.93. The zero-order valence-electron chi connectivity index (χ0n) is 9.05. The Labute approximate surface area is 90.2 Å². The quantitative estimate of drug-likeness (QED) is 0.778. The Bertz CT molecular complexity index is 411. The normalized spacial score (nSPS) is 14.1. The molecule has 0 radical (unpaired) electrons. The highest BCUT2D eigenvalue weighted by atomic mass is 32.2. The predicted molar refractivity (Wildman–Crippen MR) is 59.0 cm³/mol. The van der Waals surface area contributed by atoms with Gasteiger partial charge in [0.05, 0.1) is 17.7 Å². The second-order valence-corrected chi connectivity index (χ2v) is 5.85. The lowest BCUT2D eigenvalue weighted by Crippen LogP contribution is -2.29. The highest BCUT2D eigenvalue weighted by molar-refractivity contribution is 7.90. The SMILES string of the molecule is CCC(N)CS(=O)(=O)Cc1cnn(C)c1. The topological polar surface area (TPSA) is 78.0 Å². The van der Waals surface area contributed by atoms with Crippen molar-refractivity contribution < 1.29 is 8.42 Å². The van der Waals surface area contributed by atoms with Gasteiger partial charge in [-0.2, -0.15) is 5.10 Å². The summed E-state index contributed by atoms with van der Waals surface area (Å²) in [5.74, 6) is 0.0624. The molecule has 0 saturated carbocycles. The zero-order valence-corrected chi connectivity index (χ0v) is 9.87. The number of nitrogens with two attached hydrogens (primary N) is 1. The average molecular weight is 231 g/mol. The third kappa shape index (κ3) is 4.01. The fourth-order valence-corrected chi connectivity index (χ4v) is 2.97. The van der Waals surface area contributed by atoms with Crippen molar-refractivity contribution in [2.45, 2.75) is 25.1 Å². The Morgan fingerprint density at radius 2 is 2.27 bits per heavy atom. The molecule has 0 aliphatic rings. The van der Waals surface area contributed by atoms with Gasteiger partial charge in [-0.3, -0.25) is 4.68 Å². The molecule has 0 bridgehead atoms. The summed E-state index contributed by atoms with van der Waals surface area (Å²) in [6.45, 7) is 1.88. The summed E-state index contributed by atoms with van der Waals surface area (Å²) in [4.78, 5) is 0. The van der Waals surface area contributed by atoms with Crippen LogP contribution in [-0.2, 0) is 22.6 Å². The first kappa shape index (κ1) is 12.2. The van der Waals surface area contributed by atoms with Crippen molar-refractivity contribution in [1.29, 1.82) is 0 Å². The van der Waals surface area contributed by atoms with Crippen LogP contribution < -0.4 is 5.73 Å². The second kappa shape index (κ2) is 4.76. The van der Waals surface area contributed by atoms with Gasteiger partial charge < -0.3 is 5.73 Å². The minimum atomic E-state index is -3.11. The van der Waals surface area contributed by atoms with Crippen LogP contribution in [-0.4, -0.2) is 30.0 Å². The average Bonchev–Trinajstić information content (AvgIpc) is 2.49. The van der Waals surface area contributed by atoms with Crippen molar-refractivity contribution in [3.05, 3.63) is 18.0 Å². The molecule has 0 aliphatic heterocycles. The molecule has 1 unspecified atom stereocenters. The van der Waals surface area contributed by atoms with Crippen LogP contribution in [0.4, 0.5) is 0 Å². The van der Waals surface area contributed by atoms with E-state index in [2.05, 4.69) is 5.10 Å². The van der Waals surface area contributed by atoms with Crippen LogP contribution in [0.3, 0.4) is 0 Å². The number of aromatic nitrogens is 2. The molecule has 1 aromatic heterocycles. The summed E-state index contributed by atoms with van der Waals surface area (Å²) in [5, 5.41) is 3.92. The van der Waals surface area contributed by atoms with Crippen LogP contribution >= 0.6 is 0 Å². The summed E-state index contributed by atoms with van der Waals surface area (Å²) in [6, 6.07) is -0.272. The Kier molecular flexibility index (Phi) is 3.87. The third-order valence-corrected chi connectivity index (χ3v) is 3.85. The minimum Gasteiger partial charge on any atom is -0.327 e. The van der Waals surface area contributed by atoms with E-state index in [0.29, 0.717) is 12.0 Å². The third-order valence-electron chi connectivity index (χ3n) is 2.14. The zero-order chi connectivity index (χ0) is 11.5. The van der Waals surface area contributed by atoms with Gasteiger partial charge in [0.1, 0.15) is 0 Å². The van der Waals surface area contributed by atoms with E-state index in [1.165, 1.54) is 0 Å². The van der Waals surface area contributed by atoms with Gasteiger partial charge in [-0.25, -0.2) is 8.42 Å². The number of rotatable bonds is 5. The van der Waals surface area contributed by atoms with Crippen LogP contribution in [0.25, 0.3) is 0 Å². The van der Waals surface area contributed by atoms with Crippen LogP contribution in [0.15, 0.2) is 12.4 Å². The molecule has 0 aromatic carbocycles. The van der Waals surface area contributed by atoms with Crippen molar-refractivity contribution in [3.8, 4) is 0 Å². The maximum Gasteiger partial charge on any atom is 0.156 e. The number of nitrogens with zero attached hydrogens (tertiary/aromatic N) is 2. The van der Waals surface area contributed by atoms with Gasteiger partial charge in [0.2, 0.25) is 0 Å². The molecular weight excluding hydrogens is 214 g/mol. The fraction of sp³-hybridized carbons (Fsp3) is 0.667. The standard InChI is InChI=1S/C9H17N3O2S/c1-3-9(10)7-15(13,14)6-8-4-11-12(2)5-8/h4-5,9H,3,6-7,10H2,1-2H3. The summed E-state index contributed by atoms with van der Waals surface area (Å²) in [5.41, 5.74) is 6.33. The van der Waals surface area contributed by atoms with Gasteiger partial charge in [-0.1, -0.05) is 6.92 Å². The Morgan fingerprint density at radius 3 is 2.73 bits per heavy atom. The van der Waals surface area contributed by atoms with Gasteiger partial charge in [0.15, 0.2) is 9.84 Å². The summed E-state index contributed by atoms with van der Waals surface area (Å²) in [7, 11) is -1.35. The van der Waals surface area contributed by atoms with E-state index in [4.69, 9.17) is 5.73 Å². The highest BCUT2D eigenvalue weighted by Gasteiger charge is 2.16. The first-order valence-electron chi connectivity index (χ1n) is 4.86. The number of hydrogen-bond acceptors (Lipinski definition) is 4. The molecule has 0 spiro atoms. The van der Waals surface area contributed by atoms with Gasteiger partial charge in [-0.15, -0.1) is 0 Å². The van der Waals surface area contributed by atoms with Crippen molar-refractivity contribution in [2.24, 2.45) is 12.8 Å². The Morgan fingerprint density at radius 1 is 1.60 bits per heavy atom. The summed E-state index contributed by atoms with van der Waals surface area (Å²) in [6.07, 6.45) is 3.94.